The summed E-state index contributed by atoms with van der Waals surface area (Å²) in [7, 11) is 1.27. The van der Waals surface area contributed by atoms with Crippen LogP contribution in [0.4, 0.5) is 17.3 Å². The van der Waals surface area contributed by atoms with E-state index in [-0.39, 0.29) is 22.9 Å². The van der Waals surface area contributed by atoms with Crippen molar-refractivity contribution in [3.8, 4) is 0 Å². The number of hydrogen-bond acceptors (Lipinski definition) is 9. The molecule has 2 aromatic heterocycles. The molecular weight excluding hydrogens is 280 g/mol. The SMILES string of the molecule is COC(=O)c1ccnc(Sc2nc(N)cc(N)n2)c1N. The second-order valence-corrected chi connectivity index (χ2v) is 4.63. The molecule has 2 heterocycles. The standard InChI is InChI=1S/C11H12N6O2S/c1-19-10(18)5-2-3-15-9(8(5)14)20-11-16-6(12)4-7(13)17-11/h2-4H,14H2,1H3,(H4,12,13,16,17). The Morgan fingerprint density at radius 3 is 2.50 bits per heavy atom. The smallest absolute Gasteiger partial charge is 0.340 e. The molecule has 104 valence electrons. The van der Waals surface area contributed by atoms with Crippen molar-refractivity contribution in [2.24, 2.45) is 0 Å². The maximum absolute atomic E-state index is 11.5. The average molecular weight is 292 g/mol. The molecule has 2 aromatic rings. The van der Waals surface area contributed by atoms with Crippen LogP contribution in [-0.2, 0) is 4.74 Å². The molecule has 8 nitrogen and oxygen atoms in total. The molecule has 0 aromatic carbocycles. The van der Waals surface area contributed by atoms with Gasteiger partial charge >= 0.3 is 5.97 Å². The molecule has 0 aliphatic heterocycles. The highest BCUT2D eigenvalue weighted by Gasteiger charge is 2.15. The lowest BCUT2D eigenvalue weighted by atomic mass is 10.2. The zero-order chi connectivity index (χ0) is 14.7. The van der Waals surface area contributed by atoms with E-state index in [0.29, 0.717) is 10.2 Å². The number of carbonyl (C=O) groups excluding carboxylic acids is 1. The molecule has 0 amide bonds. The van der Waals surface area contributed by atoms with Gasteiger partial charge in [-0.1, -0.05) is 0 Å². The number of ether oxygens (including phenoxy) is 1. The van der Waals surface area contributed by atoms with Crippen molar-refractivity contribution in [2.75, 3.05) is 24.3 Å². The summed E-state index contributed by atoms with van der Waals surface area (Å²) in [4.78, 5) is 23.6. The molecule has 20 heavy (non-hydrogen) atoms. The number of aromatic nitrogens is 3. The molecule has 6 N–H and O–H groups in total. The van der Waals surface area contributed by atoms with Crippen LogP contribution < -0.4 is 17.2 Å². The zero-order valence-electron chi connectivity index (χ0n) is 10.5. The van der Waals surface area contributed by atoms with Crippen molar-refractivity contribution in [2.45, 2.75) is 10.2 Å². The quantitative estimate of drug-likeness (QED) is 0.545. The molecule has 0 atom stereocenters. The highest BCUT2D eigenvalue weighted by molar-refractivity contribution is 7.99. The van der Waals surface area contributed by atoms with Gasteiger partial charge in [-0.3, -0.25) is 0 Å². The molecule has 0 fully saturated rings. The van der Waals surface area contributed by atoms with Gasteiger partial charge in [-0.15, -0.1) is 0 Å². The molecule has 0 saturated carbocycles. The van der Waals surface area contributed by atoms with Gasteiger partial charge in [0.1, 0.15) is 16.7 Å². The number of hydrogen-bond donors (Lipinski definition) is 3. The van der Waals surface area contributed by atoms with Gasteiger partial charge in [0.05, 0.1) is 18.4 Å². The molecular formula is C11H12N6O2S. The lowest BCUT2D eigenvalue weighted by Crippen LogP contribution is -2.07. The molecule has 0 unspecified atom stereocenters. The van der Waals surface area contributed by atoms with Crippen LogP contribution in [0.3, 0.4) is 0 Å². The van der Waals surface area contributed by atoms with Crippen LogP contribution in [0.5, 0.6) is 0 Å². The number of carbonyl (C=O) groups is 1. The van der Waals surface area contributed by atoms with Gasteiger partial charge in [-0.05, 0) is 17.8 Å². The van der Waals surface area contributed by atoms with E-state index in [1.165, 1.54) is 25.4 Å². The molecule has 0 aliphatic carbocycles. The first-order valence-corrected chi connectivity index (χ1v) is 6.23. The number of nitrogens with two attached hydrogens (primary N) is 3. The van der Waals surface area contributed by atoms with E-state index in [1.807, 2.05) is 0 Å². The van der Waals surface area contributed by atoms with Crippen LogP contribution >= 0.6 is 11.8 Å². The van der Waals surface area contributed by atoms with Crippen LogP contribution in [0, 0.1) is 0 Å². The number of anilines is 3. The summed E-state index contributed by atoms with van der Waals surface area (Å²) >= 11 is 1.06. The van der Waals surface area contributed by atoms with Crippen molar-refractivity contribution < 1.29 is 9.53 Å². The van der Waals surface area contributed by atoms with E-state index >= 15 is 0 Å². The minimum absolute atomic E-state index is 0.189. The van der Waals surface area contributed by atoms with Crippen molar-refractivity contribution >= 4 is 35.1 Å². The Balaban J connectivity index is 2.36. The summed E-state index contributed by atoms with van der Waals surface area (Å²) < 4.78 is 4.63. The number of methoxy groups -OCH3 is 1. The predicted molar refractivity (Wildman–Crippen MR) is 75.0 cm³/mol. The normalized spacial score (nSPS) is 10.2. The van der Waals surface area contributed by atoms with Crippen LogP contribution in [0.1, 0.15) is 10.4 Å². The van der Waals surface area contributed by atoms with Crippen LogP contribution in [0.15, 0.2) is 28.5 Å². The lowest BCUT2D eigenvalue weighted by molar-refractivity contribution is 0.0601. The van der Waals surface area contributed by atoms with Gasteiger partial charge < -0.3 is 21.9 Å². The Hall–Kier alpha value is -2.55. The number of esters is 1. The average Bonchev–Trinajstić information content (AvgIpc) is 2.39. The van der Waals surface area contributed by atoms with Crippen molar-refractivity contribution in [1.82, 2.24) is 15.0 Å². The second-order valence-electron chi connectivity index (χ2n) is 3.67. The van der Waals surface area contributed by atoms with E-state index in [0.717, 1.165) is 11.8 Å². The Kier molecular flexibility index (Phi) is 3.89. The van der Waals surface area contributed by atoms with E-state index in [9.17, 15) is 4.79 Å². The maximum atomic E-state index is 11.5. The van der Waals surface area contributed by atoms with Gasteiger partial charge in [0.15, 0.2) is 5.16 Å². The molecule has 0 aliphatic rings. The van der Waals surface area contributed by atoms with E-state index in [2.05, 4.69) is 19.7 Å². The summed E-state index contributed by atoms with van der Waals surface area (Å²) in [6, 6.07) is 2.91. The number of nitrogens with zero attached hydrogens (tertiary/aromatic N) is 3. The minimum atomic E-state index is -0.542. The fourth-order valence-corrected chi connectivity index (χ4v) is 2.23. The summed E-state index contributed by atoms with van der Waals surface area (Å²) in [5, 5.41) is 0.668. The monoisotopic (exact) mass is 292 g/mol. The molecule has 0 spiro atoms. The lowest BCUT2D eigenvalue weighted by Gasteiger charge is -2.08. The number of pyridine rings is 1. The molecule has 0 saturated heterocycles. The highest BCUT2D eigenvalue weighted by atomic mass is 32.2. The third kappa shape index (κ3) is 2.88. The van der Waals surface area contributed by atoms with E-state index in [1.54, 1.807) is 0 Å². The van der Waals surface area contributed by atoms with Gasteiger partial charge in [-0.25, -0.2) is 19.7 Å². The number of nitrogen functional groups attached to an aromatic ring is 3. The van der Waals surface area contributed by atoms with Crippen LogP contribution in [0.2, 0.25) is 0 Å². The minimum Gasteiger partial charge on any atom is -0.465 e. The van der Waals surface area contributed by atoms with Gasteiger partial charge in [0.25, 0.3) is 0 Å². The highest BCUT2D eigenvalue weighted by Crippen LogP contribution is 2.30. The first-order chi connectivity index (χ1) is 9.51. The summed E-state index contributed by atoms with van der Waals surface area (Å²) in [5.74, 6) is -0.0647. The Bertz CT molecular complexity index is 643. The van der Waals surface area contributed by atoms with Gasteiger partial charge in [0, 0.05) is 12.3 Å². The molecule has 2 rings (SSSR count). The molecule has 0 radical (unpaired) electrons. The van der Waals surface area contributed by atoms with Gasteiger partial charge in [0.2, 0.25) is 0 Å². The van der Waals surface area contributed by atoms with E-state index in [4.69, 9.17) is 17.2 Å². The predicted octanol–water partition coefficient (Wildman–Crippen LogP) is 0.556. The Morgan fingerprint density at radius 1 is 1.25 bits per heavy atom. The van der Waals surface area contributed by atoms with Crippen molar-refractivity contribution in [3.05, 3.63) is 23.9 Å². The third-order valence-corrected chi connectivity index (χ3v) is 3.18. The molecule has 0 bridgehead atoms. The van der Waals surface area contributed by atoms with Crippen LogP contribution in [0.25, 0.3) is 0 Å². The summed E-state index contributed by atoms with van der Waals surface area (Å²) in [5.41, 5.74) is 17.5. The largest absolute Gasteiger partial charge is 0.465 e. The second kappa shape index (κ2) is 5.61. The third-order valence-electron chi connectivity index (χ3n) is 2.29. The van der Waals surface area contributed by atoms with Crippen LogP contribution in [-0.4, -0.2) is 28.0 Å². The number of rotatable bonds is 3. The fraction of sp³-hybridized carbons (Fsp3) is 0.0909. The topological polar surface area (TPSA) is 143 Å². The first-order valence-electron chi connectivity index (χ1n) is 5.42. The summed E-state index contributed by atoms with van der Waals surface area (Å²) in [6.45, 7) is 0. The summed E-state index contributed by atoms with van der Waals surface area (Å²) in [6.07, 6.45) is 1.45. The fourth-order valence-electron chi connectivity index (χ4n) is 1.42. The zero-order valence-corrected chi connectivity index (χ0v) is 11.3. The van der Waals surface area contributed by atoms with Gasteiger partial charge in [-0.2, -0.15) is 0 Å². The maximum Gasteiger partial charge on any atom is 0.340 e. The Morgan fingerprint density at radius 2 is 1.90 bits per heavy atom. The Labute approximate surface area is 118 Å². The van der Waals surface area contributed by atoms with Crippen molar-refractivity contribution in [3.63, 3.8) is 0 Å². The first kappa shape index (κ1) is 13.9. The molecule has 9 heteroatoms. The van der Waals surface area contributed by atoms with Crippen molar-refractivity contribution in [1.29, 1.82) is 0 Å². The van der Waals surface area contributed by atoms with E-state index < -0.39 is 5.97 Å².